The monoisotopic (exact) mass is 236 g/mol. The van der Waals surface area contributed by atoms with Crippen LogP contribution in [0.25, 0.3) is 0 Å². The summed E-state index contributed by atoms with van der Waals surface area (Å²) >= 11 is 7.08. The lowest BCUT2D eigenvalue weighted by Crippen LogP contribution is -2.42. The number of thioether (sulfide) groups is 1. The largest absolute Gasteiger partial charge is 0.337 e. The number of nitrogens with one attached hydrogen (secondary N) is 2. The van der Waals surface area contributed by atoms with Crippen molar-refractivity contribution < 1.29 is 9.59 Å². The van der Waals surface area contributed by atoms with Gasteiger partial charge in [0.1, 0.15) is 5.88 Å². The second-order valence-electron chi connectivity index (χ2n) is 3.03. The van der Waals surface area contributed by atoms with Crippen LogP contribution in [0.4, 0.5) is 4.79 Å². The van der Waals surface area contributed by atoms with Gasteiger partial charge in [-0.25, -0.2) is 4.79 Å². The van der Waals surface area contributed by atoms with Crippen LogP contribution >= 0.6 is 23.4 Å². The van der Waals surface area contributed by atoms with Gasteiger partial charge in [0.15, 0.2) is 0 Å². The molecule has 2 N–H and O–H groups in total. The molecule has 6 heteroatoms. The minimum Gasteiger partial charge on any atom is -0.337 e. The summed E-state index contributed by atoms with van der Waals surface area (Å²) in [4.78, 5) is 21.8. The first-order valence-electron chi connectivity index (χ1n) is 4.47. The maximum Gasteiger partial charge on any atom is 0.321 e. The van der Waals surface area contributed by atoms with Crippen LogP contribution in [0, 0.1) is 0 Å². The van der Waals surface area contributed by atoms with Crippen molar-refractivity contribution in [1.82, 2.24) is 10.6 Å². The average molecular weight is 237 g/mol. The van der Waals surface area contributed by atoms with E-state index in [1.165, 1.54) is 6.42 Å². The van der Waals surface area contributed by atoms with E-state index in [9.17, 15) is 9.59 Å². The SMILES string of the molecule is O=C(CCl)NC(=O)NCC1CCCS1. The molecule has 1 heterocycles. The molecule has 0 saturated carbocycles. The number of imide groups is 1. The van der Waals surface area contributed by atoms with Crippen molar-refractivity contribution >= 4 is 35.3 Å². The van der Waals surface area contributed by atoms with Crippen LogP contribution in [0.3, 0.4) is 0 Å². The van der Waals surface area contributed by atoms with E-state index in [4.69, 9.17) is 11.6 Å². The highest BCUT2D eigenvalue weighted by Gasteiger charge is 2.16. The van der Waals surface area contributed by atoms with Gasteiger partial charge in [-0.1, -0.05) is 0 Å². The highest BCUT2D eigenvalue weighted by molar-refractivity contribution is 8.00. The van der Waals surface area contributed by atoms with Crippen LogP contribution in [0.5, 0.6) is 0 Å². The number of carbonyl (C=O) groups is 2. The molecule has 4 nitrogen and oxygen atoms in total. The number of amides is 3. The van der Waals surface area contributed by atoms with Gasteiger partial charge in [0.25, 0.3) is 0 Å². The number of rotatable bonds is 3. The van der Waals surface area contributed by atoms with Crippen LogP contribution in [-0.2, 0) is 4.79 Å². The maximum atomic E-state index is 11.1. The van der Waals surface area contributed by atoms with Gasteiger partial charge in [0, 0.05) is 11.8 Å². The fraction of sp³-hybridized carbons (Fsp3) is 0.750. The summed E-state index contributed by atoms with van der Waals surface area (Å²) in [5, 5.41) is 5.26. The van der Waals surface area contributed by atoms with Crippen molar-refractivity contribution in [3.8, 4) is 0 Å². The maximum absolute atomic E-state index is 11.1. The summed E-state index contributed by atoms with van der Waals surface area (Å²) in [5.41, 5.74) is 0. The zero-order chi connectivity index (χ0) is 10.4. The van der Waals surface area contributed by atoms with E-state index in [0.717, 1.165) is 12.2 Å². The molecule has 1 atom stereocenters. The Morgan fingerprint density at radius 3 is 2.86 bits per heavy atom. The first-order valence-corrected chi connectivity index (χ1v) is 6.06. The molecule has 1 aliphatic rings. The van der Waals surface area contributed by atoms with Gasteiger partial charge in [0.05, 0.1) is 0 Å². The molecule has 0 aromatic rings. The molecule has 1 rings (SSSR count). The van der Waals surface area contributed by atoms with Crippen molar-refractivity contribution in [2.45, 2.75) is 18.1 Å². The lowest BCUT2D eigenvalue weighted by molar-refractivity contribution is -0.117. The van der Waals surface area contributed by atoms with Crippen molar-refractivity contribution in [2.24, 2.45) is 0 Å². The van der Waals surface area contributed by atoms with Crippen molar-refractivity contribution in [1.29, 1.82) is 0 Å². The molecule has 1 aliphatic heterocycles. The van der Waals surface area contributed by atoms with E-state index in [1.54, 1.807) is 0 Å². The zero-order valence-electron chi connectivity index (χ0n) is 7.72. The van der Waals surface area contributed by atoms with Crippen molar-refractivity contribution in [3.63, 3.8) is 0 Å². The van der Waals surface area contributed by atoms with Gasteiger partial charge in [-0.3, -0.25) is 10.1 Å². The second kappa shape index (κ2) is 6.14. The smallest absolute Gasteiger partial charge is 0.321 e. The molecule has 0 aliphatic carbocycles. The molecular formula is C8H13ClN2O2S. The molecular weight excluding hydrogens is 224 g/mol. The summed E-state index contributed by atoms with van der Waals surface area (Å²) in [7, 11) is 0. The molecule has 0 radical (unpaired) electrons. The first kappa shape index (κ1) is 11.7. The number of halogens is 1. The Morgan fingerprint density at radius 2 is 2.29 bits per heavy atom. The molecule has 1 saturated heterocycles. The normalized spacial score (nSPS) is 20.5. The number of alkyl halides is 1. The number of hydrogen-bond donors (Lipinski definition) is 2. The summed E-state index contributed by atoms with van der Waals surface area (Å²) in [6.07, 6.45) is 2.34. The van der Waals surface area contributed by atoms with Crippen LogP contribution < -0.4 is 10.6 Å². The average Bonchev–Trinajstić information content (AvgIpc) is 2.67. The number of hydrogen-bond acceptors (Lipinski definition) is 3. The van der Waals surface area contributed by atoms with Gasteiger partial charge >= 0.3 is 6.03 Å². The molecule has 1 unspecified atom stereocenters. The molecule has 0 aromatic heterocycles. The van der Waals surface area contributed by atoms with E-state index in [-0.39, 0.29) is 5.88 Å². The third kappa shape index (κ3) is 4.19. The van der Waals surface area contributed by atoms with Crippen LogP contribution in [0.15, 0.2) is 0 Å². The second-order valence-corrected chi connectivity index (χ2v) is 4.70. The topological polar surface area (TPSA) is 58.2 Å². The van der Waals surface area contributed by atoms with Gasteiger partial charge in [-0.15, -0.1) is 11.6 Å². The van der Waals surface area contributed by atoms with Crippen molar-refractivity contribution in [2.75, 3.05) is 18.2 Å². The Morgan fingerprint density at radius 1 is 1.50 bits per heavy atom. The van der Waals surface area contributed by atoms with Crippen molar-refractivity contribution in [3.05, 3.63) is 0 Å². The highest BCUT2D eigenvalue weighted by atomic mass is 35.5. The van der Waals surface area contributed by atoms with E-state index >= 15 is 0 Å². The van der Waals surface area contributed by atoms with E-state index in [0.29, 0.717) is 11.8 Å². The third-order valence-electron chi connectivity index (χ3n) is 1.89. The van der Waals surface area contributed by atoms with Gasteiger partial charge < -0.3 is 5.32 Å². The van der Waals surface area contributed by atoms with Crippen LogP contribution in [0.1, 0.15) is 12.8 Å². The van der Waals surface area contributed by atoms with E-state index in [2.05, 4.69) is 10.6 Å². The first-order chi connectivity index (χ1) is 6.72. The summed E-state index contributed by atoms with van der Waals surface area (Å²) in [5.74, 6) is 0.503. The molecule has 3 amide bonds. The van der Waals surface area contributed by atoms with Crippen LogP contribution in [-0.4, -0.2) is 35.4 Å². The summed E-state index contributed by atoms with van der Waals surface area (Å²) in [6, 6.07) is -0.455. The van der Waals surface area contributed by atoms with E-state index < -0.39 is 11.9 Å². The fourth-order valence-corrected chi connectivity index (χ4v) is 2.48. The Bertz CT molecular complexity index is 219. The Kier molecular flexibility index (Phi) is 5.11. The molecule has 14 heavy (non-hydrogen) atoms. The number of carbonyl (C=O) groups excluding carboxylic acids is 2. The predicted octanol–water partition coefficient (Wildman–Crippen LogP) is 0.947. The molecule has 1 fully saturated rings. The highest BCUT2D eigenvalue weighted by Crippen LogP contribution is 2.24. The minimum atomic E-state index is -0.469. The number of urea groups is 1. The third-order valence-corrected chi connectivity index (χ3v) is 3.53. The summed E-state index contributed by atoms with van der Waals surface area (Å²) in [6.45, 7) is 0.617. The van der Waals surface area contributed by atoms with Crippen LogP contribution in [0.2, 0.25) is 0 Å². The minimum absolute atomic E-state index is 0.189. The van der Waals surface area contributed by atoms with Gasteiger partial charge in [-0.2, -0.15) is 11.8 Å². The lowest BCUT2D eigenvalue weighted by Gasteiger charge is -2.09. The quantitative estimate of drug-likeness (QED) is 0.718. The zero-order valence-corrected chi connectivity index (χ0v) is 9.29. The molecule has 0 bridgehead atoms. The Hall–Kier alpha value is -0.420. The summed E-state index contributed by atoms with van der Waals surface area (Å²) < 4.78 is 0. The lowest BCUT2D eigenvalue weighted by atomic mass is 10.2. The standard InChI is InChI=1S/C8H13ClN2O2S/c9-4-7(12)11-8(13)10-5-6-2-1-3-14-6/h6H,1-5H2,(H2,10,11,12,13). The fourth-order valence-electron chi connectivity index (χ4n) is 1.22. The Labute approximate surface area is 92.1 Å². The van der Waals surface area contributed by atoms with Gasteiger partial charge in [-0.05, 0) is 18.6 Å². The van der Waals surface area contributed by atoms with E-state index in [1.807, 2.05) is 11.8 Å². The van der Waals surface area contributed by atoms with Gasteiger partial charge in [0.2, 0.25) is 5.91 Å². The Balaban J connectivity index is 2.11. The molecule has 0 spiro atoms. The predicted molar refractivity (Wildman–Crippen MR) is 57.7 cm³/mol. The molecule has 80 valence electrons. The molecule has 0 aromatic carbocycles.